The maximum Gasteiger partial charge on any atom is 0.407 e. The molecule has 0 aliphatic carbocycles. The highest BCUT2D eigenvalue weighted by Gasteiger charge is 2.39. The van der Waals surface area contributed by atoms with E-state index in [1.165, 1.54) is 14.2 Å². The van der Waals surface area contributed by atoms with Gasteiger partial charge in [0.05, 0.1) is 61.3 Å². The second kappa shape index (κ2) is 17.2. The van der Waals surface area contributed by atoms with Crippen molar-refractivity contribution in [1.82, 2.24) is 44.9 Å². The number of carbonyl (C=O) groups is 4. The fraction of sp³-hybridized carbons (Fsp3) is 0.478. The molecule has 3 aliphatic heterocycles. The first kappa shape index (κ1) is 42.4. The van der Waals surface area contributed by atoms with Crippen molar-refractivity contribution < 1.29 is 33.4 Å². The molecule has 16 nitrogen and oxygen atoms in total. The first-order valence-corrected chi connectivity index (χ1v) is 21.6. The molecule has 328 valence electrons. The van der Waals surface area contributed by atoms with Crippen LogP contribution in [0.5, 0.6) is 5.75 Å². The number of amides is 4. The number of methoxy groups -OCH3 is 2. The molecule has 2 saturated heterocycles. The van der Waals surface area contributed by atoms with Gasteiger partial charge in [-0.3, -0.25) is 9.59 Å². The van der Waals surface area contributed by atoms with Crippen LogP contribution in [0, 0.1) is 17.8 Å². The lowest BCUT2D eigenvalue weighted by Gasteiger charge is -2.32. The number of hydrogen-bond acceptors (Lipinski definition) is 9. The Morgan fingerprint density at radius 3 is 1.74 bits per heavy atom. The minimum absolute atomic E-state index is 0.120. The molecule has 0 spiro atoms. The van der Waals surface area contributed by atoms with Gasteiger partial charge in [-0.05, 0) is 67.9 Å². The Balaban J connectivity index is 1.04. The number of ether oxygens (including phenoxy) is 3. The molecule has 0 saturated carbocycles. The summed E-state index contributed by atoms with van der Waals surface area (Å²) >= 11 is 0. The lowest BCUT2D eigenvalue weighted by atomic mass is 10.0. The largest absolute Gasteiger partial charge is 0.469 e. The molecular formula is C46H57N9O7. The number of H-pyrrole nitrogens is 2. The SMILES string of the molecule is COC(=O)N[C@H](C(=O)N1CCC[C@H]1c1ncc(-c2ccc3c(c2)OC(C(C)C)n2c-3cc3cc(-c4cnc([C@@H]5CCCN5C(=O)[C@@H](NC(=O)OC)C(C)C)[nH]4)ccc32)[nH]1)C(C)C. The maximum atomic E-state index is 13.7. The Bertz CT molecular complexity index is 2480. The molecule has 3 aliphatic rings. The second-order valence-electron chi connectivity index (χ2n) is 17.6. The molecule has 4 amide bonds. The number of nitrogens with one attached hydrogen (secondary N) is 4. The van der Waals surface area contributed by atoms with Crippen LogP contribution in [-0.2, 0) is 19.1 Å². The van der Waals surface area contributed by atoms with Crippen molar-refractivity contribution in [3.8, 4) is 39.5 Å². The molecule has 4 N–H and O–H groups in total. The maximum absolute atomic E-state index is 13.7. The number of likely N-dealkylation sites (tertiary alicyclic amines) is 2. The molecule has 16 heteroatoms. The van der Waals surface area contributed by atoms with E-state index in [0.29, 0.717) is 24.7 Å². The van der Waals surface area contributed by atoms with Crippen LogP contribution in [0.3, 0.4) is 0 Å². The Hall–Kier alpha value is -6.32. The molecule has 1 unspecified atom stereocenters. The van der Waals surface area contributed by atoms with Gasteiger partial charge in [0.15, 0.2) is 6.23 Å². The van der Waals surface area contributed by atoms with Gasteiger partial charge in [0.2, 0.25) is 11.8 Å². The van der Waals surface area contributed by atoms with Crippen molar-refractivity contribution in [3.05, 3.63) is 66.5 Å². The number of fused-ring (bicyclic) bond motifs is 5. The Morgan fingerprint density at radius 1 is 0.726 bits per heavy atom. The van der Waals surface area contributed by atoms with E-state index in [1.807, 2.05) is 43.7 Å². The predicted octanol–water partition coefficient (Wildman–Crippen LogP) is 7.72. The van der Waals surface area contributed by atoms with Gasteiger partial charge >= 0.3 is 12.2 Å². The summed E-state index contributed by atoms with van der Waals surface area (Å²) in [5.74, 6) is 1.80. The minimum atomic E-state index is -0.709. The van der Waals surface area contributed by atoms with Crippen LogP contribution in [0.2, 0.25) is 0 Å². The molecule has 2 aromatic carbocycles. The smallest absolute Gasteiger partial charge is 0.407 e. The van der Waals surface area contributed by atoms with Crippen molar-refractivity contribution in [3.63, 3.8) is 0 Å². The number of aromatic amines is 2. The van der Waals surface area contributed by atoms with Gasteiger partial charge in [0, 0.05) is 41.1 Å². The topological polar surface area (TPSA) is 189 Å². The fourth-order valence-electron chi connectivity index (χ4n) is 9.19. The lowest BCUT2D eigenvalue weighted by molar-refractivity contribution is -0.136. The second-order valence-corrected chi connectivity index (χ2v) is 17.6. The number of nitrogens with zero attached hydrogens (tertiary/aromatic N) is 5. The van der Waals surface area contributed by atoms with Crippen molar-refractivity contribution >= 4 is 34.9 Å². The van der Waals surface area contributed by atoms with Gasteiger partial charge in [-0.15, -0.1) is 0 Å². The number of alkyl carbamates (subject to hydrolysis) is 2. The van der Waals surface area contributed by atoms with E-state index >= 15 is 0 Å². The van der Waals surface area contributed by atoms with E-state index in [1.54, 1.807) is 6.20 Å². The molecular weight excluding hydrogens is 791 g/mol. The van der Waals surface area contributed by atoms with Crippen LogP contribution >= 0.6 is 0 Å². The molecule has 3 aromatic heterocycles. The lowest BCUT2D eigenvalue weighted by Crippen LogP contribution is -2.51. The molecule has 0 radical (unpaired) electrons. The number of carbonyl (C=O) groups excluding carboxylic acids is 4. The van der Waals surface area contributed by atoms with Crippen molar-refractivity contribution in [2.45, 2.75) is 97.6 Å². The van der Waals surface area contributed by atoms with E-state index in [9.17, 15) is 19.2 Å². The van der Waals surface area contributed by atoms with E-state index in [0.717, 1.165) is 76.1 Å². The minimum Gasteiger partial charge on any atom is -0.469 e. The standard InChI is InChI=1S/C46H57N9O7/c1-24(2)38(51-45(58)60-7)42(56)53-17-9-11-34(53)40-47-22-31(49-40)27-14-16-33-29(19-27)20-36-30-15-13-28(21-37(30)62-44(26(5)6)55(33)36)32-23-48-41(50-32)35-12-10-18-54(35)43(57)39(25(3)4)52-46(59)61-8/h13-16,19-26,34-35,38-39,44H,9-12,17-18H2,1-8H3,(H,47,49)(H,48,50)(H,51,58)(H,52,59)/t34-,35-,38-,39-,44?/m0/s1. The van der Waals surface area contributed by atoms with Gasteiger partial charge in [-0.25, -0.2) is 19.6 Å². The highest BCUT2D eigenvalue weighted by atomic mass is 16.5. The zero-order valence-electron chi connectivity index (χ0n) is 36.7. The van der Waals surface area contributed by atoms with Crippen LogP contribution in [-0.4, -0.2) is 97.7 Å². The molecule has 8 rings (SSSR count). The van der Waals surface area contributed by atoms with Gasteiger partial charge in [0.1, 0.15) is 29.5 Å². The Morgan fingerprint density at radius 2 is 1.24 bits per heavy atom. The normalized spacial score (nSPS) is 19.4. The summed E-state index contributed by atoms with van der Waals surface area (Å²) in [7, 11) is 2.58. The third kappa shape index (κ3) is 7.86. The summed E-state index contributed by atoms with van der Waals surface area (Å²) < 4.78 is 18.7. The number of aromatic nitrogens is 5. The predicted molar refractivity (Wildman–Crippen MR) is 233 cm³/mol. The molecule has 62 heavy (non-hydrogen) atoms. The number of rotatable bonds is 11. The average Bonchev–Trinajstić information content (AvgIpc) is 4.12. The molecule has 0 bridgehead atoms. The molecule has 5 atom stereocenters. The molecule has 6 heterocycles. The van der Waals surface area contributed by atoms with E-state index < -0.39 is 24.3 Å². The third-order valence-corrected chi connectivity index (χ3v) is 12.5. The van der Waals surface area contributed by atoms with Gasteiger partial charge in [-0.1, -0.05) is 53.7 Å². The highest BCUT2D eigenvalue weighted by Crippen LogP contribution is 2.46. The van der Waals surface area contributed by atoms with Crippen molar-refractivity contribution in [2.75, 3.05) is 27.3 Å². The zero-order valence-corrected chi connectivity index (χ0v) is 36.7. The van der Waals surface area contributed by atoms with Crippen LogP contribution in [0.4, 0.5) is 9.59 Å². The summed E-state index contributed by atoms with van der Waals surface area (Å²) in [5, 5.41) is 6.48. The van der Waals surface area contributed by atoms with E-state index in [-0.39, 0.29) is 47.9 Å². The summed E-state index contributed by atoms with van der Waals surface area (Å²) in [6.07, 6.45) is 5.30. The Kier molecular flexibility index (Phi) is 11.8. The number of benzene rings is 2. The third-order valence-electron chi connectivity index (χ3n) is 12.5. The van der Waals surface area contributed by atoms with Crippen LogP contribution in [0.1, 0.15) is 97.2 Å². The summed E-state index contributed by atoms with van der Waals surface area (Å²) in [6.45, 7) is 13.1. The Labute approximate surface area is 361 Å². The first-order valence-electron chi connectivity index (χ1n) is 21.6. The number of hydrogen-bond donors (Lipinski definition) is 4. The molecule has 5 aromatic rings. The monoisotopic (exact) mass is 847 g/mol. The van der Waals surface area contributed by atoms with Gasteiger partial charge < -0.3 is 49.2 Å². The van der Waals surface area contributed by atoms with E-state index in [2.05, 4.69) is 81.5 Å². The average molecular weight is 848 g/mol. The van der Waals surface area contributed by atoms with E-state index in [4.69, 9.17) is 24.2 Å². The summed E-state index contributed by atoms with van der Waals surface area (Å²) in [4.78, 5) is 71.7. The van der Waals surface area contributed by atoms with Gasteiger partial charge in [-0.2, -0.15) is 0 Å². The quantitative estimate of drug-likeness (QED) is 0.103. The van der Waals surface area contributed by atoms with Crippen LogP contribution in [0.15, 0.2) is 54.9 Å². The van der Waals surface area contributed by atoms with Crippen molar-refractivity contribution in [1.29, 1.82) is 0 Å². The fourth-order valence-corrected chi connectivity index (χ4v) is 9.19. The number of imidazole rings is 2. The highest BCUT2D eigenvalue weighted by molar-refractivity contribution is 5.92. The van der Waals surface area contributed by atoms with Crippen LogP contribution in [0.25, 0.3) is 44.7 Å². The first-order chi connectivity index (χ1) is 29.8. The van der Waals surface area contributed by atoms with Gasteiger partial charge in [0.25, 0.3) is 0 Å². The van der Waals surface area contributed by atoms with Crippen molar-refractivity contribution in [2.24, 2.45) is 17.8 Å². The summed E-state index contributed by atoms with van der Waals surface area (Å²) in [5.41, 5.74) is 6.63. The van der Waals surface area contributed by atoms with Crippen LogP contribution < -0.4 is 15.4 Å². The zero-order chi connectivity index (χ0) is 44.0. The summed E-state index contributed by atoms with van der Waals surface area (Å²) in [6, 6.07) is 12.9. The molecule has 2 fully saturated rings.